The Labute approximate surface area is 144 Å². The summed E-state index contributed by atoms with van der Waals surface area (Å²) in [5.74, 6) is -1.17. The van der Waals surface area contributed by atoms with Crippen molar-refractivity contribution in [3.8, 4) is 10.6 Å². The average molecular weight is 350 g/mol. The molecule has 0 aromatic carbocycles. The van der Waals surface area contributed by atoms with Crippen molar-refractivity contribution >= 4 is 23.2 Å². The summed E-state index contributed by atoms with van der Waals surface area (Å²) in [7, 11) is 1.82. The predicted molar refractivity (Wildman–Crippen MR) is 92.0 cm³/mol. The van der Waals surface area contributed by atoms with Crippen LogP contribution < -0.4 is 5.32 Å². The summed E-state index contributed by atoms with van der Waals surface area (Å²) in [4.78, 5) is 28.9. The summed E-state index contributed by atoms with van der Waals surface area (Å²) in [6.45, 7) is 5.52. The molecule has 7 nitrogen and oxygen atoms in total. The van der Waals surface area contributed by atoms with Crippen LogP contribution in [0.4, 0.5) is 0 Å². The maximum absolute atomic E-state index is 12.5. The zero-order valence-electron chi connectivity index (χ0n) is 14.3. The predicted octanol–water partition coefficient (Wildman–Crippen LogP) is 2.47. The second kappa shape index (κ2) is 7.12. The van der Waals surface area contributed by atoms with Crippen LogP contribution in [0.2, 0.25) is 0 Å². The van der Waals surface area contributed by atoms with Crippen molar-refractivity contribution < 1.29 is 14.7 Å². The molecule has 2 N–H and O–H groups in total. The Bertz CT molecular complexity index is 746. The summed E-state index contributed by atoms with van der Waals surface area (Å²) in [5.41, 5.74) is 0.553. The number of thiazole rings is 1. The number of carbonyl (C=O) groups excluding carboxylic acids is 1. The Morgan fingerprint density at radius 3 is 2.54 bits per heavy atom. The second-order valence-electron chi connectivity index (χ2n) is 5.81. The third kappa shape index (κ3) is 3.48. The maximum Gasteiger partial charge on any atom is 0.311 e. The van der Waals surface area contributed by atoms with Gasteiger partial charge < -0.3 is 10.4 Å². The van der Waals surface area contributed by atoms with Gasteiger partial charge >= 0.3 is 5.97 Å². The molecule has 2 aromatic heterocycles. The highest BCUT2D eigenvalue weighted by Gasteiger charge is 2.35. The van der Waals surface area contributed by atoms with E-state index in [1.54, 1.807) is 17.8 Å². The number of aliphatic carboxylic acids is 1. The van der Waals surface area contributed by atoms with Crippen molar-refractivity contribution in [2.75, 3.05) is 6.54 Å². The SMILES string of the molecule is CCC(CC)(CNC(=O)c1sc(-c2cnn(C)c2)nc1C)C(=O)O. The van der Waals surface area contributed by atoms with Gasteiger partial charge in [0, 0.05) is 25.4 Å². The van der Waals surface area contributed by atoms with E-state index in [0.717, 1.165) is 10.6 Å². The molecule has 0 unspecified atom stereocenters. The van der Waals surface area contributed by atoms with E-state index in [2.05, 4.69) is 15.4 Å². The molecule has 130 valence electrons. The molecule has 2 aromatic rings. The molecule has 24 heavy (non-hydrogen) atoms. The molecule has 8 heteroatoms. The van der Waals surface area contributed by atoms with E-state index in [4.69, 9.17) is 0 Å². The summed E-state index contributed by atoms with van der Waals surface area (Å²) in [6, 6.07) is 0. The third-order valence-corrected chi connectivity index (χ3v) is 5.55. The van der Waals surface area contributed by atoms with Crippen LogP contribution >= 0.6 is 11.3 Å². The van der Waals surface area contributed by atoms with Crippen molar-refractivity contribution in [1.29, 1.82) is 0 Å². The minimum Gasteiger partial charge on any atom is -0.481 e. The summed E-state index contributed by atoms with van der Waals surface area (Å²) >= 11 is 1.28. The largest absolute Gasteiger partial charge is 0.481 e. The molecule has 0 aliphatic rings. The molecular weight excluding hydrogens is 328 g/mol. The van der Waals surface area contributed by atoms with Gasteiger partial charge in [-0.05, 0) is 19.8 Å². The van der Waals surface area contributed by atoms with Crippen molar-refractivity contribution in [1.82, 2.24) is 20.1 Å². The smallest absolute Gasteiger partial charge is 0.311 e. The van der Waals surface area contributed by atoms with Gasteiger partial charge in [0.1, 0.15) is 9.88 Å². The Kier molecular flexibility index (Phi) is 5.38. The van der Waals surface area contributed by atoms with Gasteiger partial charge in [0.25, 0.3) is 5.91 Å². The Morgan fingerprint density at radius 1 is 1.38 bits per heavy atom. The van der Waals surface area contributed by atoms with Crippen LogP contribution in [0.25, 0.3) is 10.6 Å². The van der Waals surface area contributed by atoms with Crippen LogP contribution in [0.3, 0.4) is 0 Å². The average Bonchev–Trinajstić information content (AvgIpc) is 3.14. The molecule has 2 heterocycles. The highest BCUT2D eigenvalue weighted by Crippen LogP contribution is 2.29. The van der Waals surface area contributed by atoms with E-state index < -0.39 is 11.4 Å². The standard InChI is InChI=1S/C16H22N4O3S/c1-5-16(6-2,15(22)23)9-17-13(21)12-10(3)19-14(24-12)11-7-18-20(4)8-11/h7-8H,5-6,9H2,1-4H3,(H,17,21)(H,22,23). The summed E-state index contributed by atoms with van der Waals surface area (Å²) in [6.07, 6.45) is 4.45. The van der Waals surface area contributed by atoms with E-state index in [1.807, 2.05) is 27.1 Å². The van der Waals surface area contributed by atoms with E-state index in [-0.39, 0.29) is 12.5 Å². The highest BCUT2D eigenvalue weighted by atomic mass is 32.1. The Balaban J connectivity index is 2.16. The number of aromatic nitrogens is 3. The van der Waals surface area contributed by atoms with Gasteiger partial charge in [0.15, 0.2) is 0 Å². The third-order valence-electron chi connectivity index (χ3n) is 4.35. The fourth-order valence-corrected chi connectivity index (χ4v) is 3.43. The second-order valence-corrected chi connectivity index (χ2v) is 6.81. The minimum atomic E-state index is -0.930. The maximum atomic E-state index is 12.5. The molecule has 0 fully saturated rings. The lowest BCUT2D eigenvalue weighted by Gasteiger charge is -2.26. The van der Waals surface area contributed by atoms with Crippen molar-refractivity contribution in [3.05, 3.63) is 23.0 Å². The molecule has 0 spiro atoms. The number of nitrogens with zero attached hydrogens (tertiary/aromatic N) is 3. The minimum absolute atomic E-state index is 0.105. The van der Waals surface area contributed by atoms with Crippen LogP contribution in [-0.2, 0) is 11.8 Å². The van der Waals surface area contributed by atoms with E-state index in [9.17, 15) is 14.7 Å². The van der Waals surface area contributed by atoms with Crippen LogP contribution in [0.1, 0.15) is 42.1 Å². The molecule has 0 saturated heterocycles. The van der Waals surface area contributed by atoms with Gasteiger partial charge in [-0.25, -0.2) is 4.98 Å². The Hall–Kier alpha value is -2.22. The monoisotopic (exact) mass is 350 g/mol. The van der Waals surface area contributed by atoms with Crippen molar-refractivity contribution in [2.24, 2.45) is 12.5 Å². The van der Waals surface area contributed by atoms with Gasteiger partial charge in [-0.2, -0.15) is 5.10 Å². The number of rotatable bonds is 7. The van der Waals surface area contributed by atoms with E-state index in [0.29, 0.717) is 23.4 Å². The van der Waals surface area contributed by atoms with Gasteiger partial charge in [-0.3, -0.25) is 14.3 Å². The first-order chi connectivity index (χ1) is 11.3. The van der Waals surface area contributed by atoms with Crippen LogP contribution in [0, 0.1) is 12.3 Å². The lowest BCUT2D eigenvalue weighted by molar-refractivity contribution is -0.149. The normalized spacial score (nSPS) is 11.5. The molecular formula is C16H22N4O3S. The molecule has 2 rings (SSSR count). The fraction of sp³-hybridized carbons (Fsp3) is 0.500. The molecule has 0 bridgehead atoms. The molecule has 0 aliphatic carbocycles. The zero-order chi connectivity index (χ0) is 17.9. The first-order valence-electron chi connectivity index (χ1n) is 7.81. The molecule has 0 aliphatic heterocycles. The van der Waals surface area contributed by atoms with Crippen LogP contribution in [0.15, 0.2) is 12.4 Å². The first-order valence-corrected chi connectivity index (χ1v) is 8.62. The number of hydrogen-bond donors (Lipinski definition) is 2. The van der Waals surface area contributed by atoms with Gasteiger partial charge in [0.2, 0.25) is 0 Å². The topological polar surface area (TPSA) is 97.1 Å². The number of aryl methyl sites for hydroxylation is 2. The number of carbonyl (C=O) groups is 2. The molecule has 0 radical (unpaired) electrons. The Morgan fingerprint density at radius 2 is 2.04 bits per heavy atom. The summed E-state index contributed by atoms with van der Waals surface area (Å²) in [5, 5.41) is 17.0. The zero-order valence-corrected chi connectivity index (χ0v) is 15.1. The lowest BCUT2D eigenvalue weighted by Crippen LogP contribution is -2.42. The number of amides is 1. The van der Waals surface area contributed by atoms with Gasteiger partial charge in [-0.1, -0.05) is 13.8 Å². The first kappa shape index (κ1) is 18.1. The molecule has 1 amide bonds. The number of carboxylic acids is 1. The van der Waals surface area contributed by atoms with Gasteiger partial charge in [0.05, 0.1) is 17.3 Å². The van der Waals surface area contributed by atoms with E-state index in [1.165, 1.54) is 11.3 Å². The lowest BCUT2D eigenvalue weighted by atomic mass is 9.82. The number of nitrogens with one attached hydrogen (secondary N) is 1. The number of carboxylic acid groups (broad SMARTS) is 1. The molecule has 0 atom stereocenters. The van der Waals surface area contributed by atoms with Crippen molar-refractivity contribution in [2.45, 2.75) is 33.6 Å². The van der Waals surface area contributed by atoms with Gasteiger partial charge in [-0.15, -0.1) is 11.3 Å². The quantitative estimate of drug-likeness (QED) is 0.799. The highest BCUT2D eigenvalue weighted by molar-refractivity contribution is 7.17. The summed E-state index contributed by atoms with van der Waals surface area (Å²) < 4.78 is 1.68. The fourth-order valence-electron chi connectivity index (χ4n) is 2.47. The molecule has 0 saturated carbocycles. The van der Waals surface area contributed by atoms with Crippen LogP contribution in [-0.4, -0.2) is 38.3 Å². The van der Waals surface area contributed by atoms with E-state index >= 15 is 0 Å². The van der Waals surface area contributed by atoms with Crippen molar-refractivity contribution in [3.63, 3.8) is 0 Å². The number of hydrogen-bond acceptors (Lipinski definition) is 5. The van der Waals surface area contributed by atoms with Crippen LogP contribution in [0.5, 0.6) is 0 Å².